The van der Waals surface area contributed by atoms with Gasteiger partial charge in [-0.05, 0) is 30.6 Å². The lowest BCUT2D eigenvalue weighted by molar-refractivity contribution is -0.176. The van der Waals surface area contributed by atoms with Gasteiger partial charge in [-0.25, -0.2) is 0 Å². The molecule has 0 spiro atoms. The molecule has 2 aliphatic carbocycles. The summed E-state index contributed by atoms with van der Waals surface area (Å²) in [6, 6.07) is 0. The normalized spacial score (nSPS) is 58.6. The molecule has 11 heavy (non-hydrogen) atoms. The van der Waals surface area contributed by atoms with Crippen LogP contribution in [0.1, 0.15) is 19.8 Å². The van der Waals surface area contributed by atoms with Gasteiger partial charge in [0.2, 0.25) is 0 Å². The van der Waals surface area contributed by atoms with Crippen LogP contribution < -0.4 is 0 Å². The van der Waals surface area contributed by atoms with Gasteiger partial charge in [0.1, 0.15) is 6.10 Å². The second kappa shape index (κ2) is 1.62. The van der Waals surface area contributed by atoms with Gasteiger partial charge in [0.25, 0.3) is 0 Å². The molecule has 0 aromatic carbocycles. The third-order valence-electron chi connectivity index (χ3n) is 3.86. The van der Waals surface area contributed by atoms with E-state index in [1.807, 2.05) is 0 Å². The number of fused-ring (bicyclic) bond motifs is 1. The molecule has 2 saturated carbocycles. The van der Waals surface area contributed by atoms with Gasteiger partial charge in [-0.2, -0.15) is 0 Å². The Hall–Kier alpha value is -0.530. The second-order valence-corrected chi connectivity index (χ2v) is 4.26. The van der Waals surface area contributed by atoms with Crippen LogP contribution in [0.4, 0.5) is 0 Å². The summed E-state index contributed by atoms with van der Waals surface area (Å²) >= 11 is 0. The van der Waals surface area contributed by atoms with Crippen LogP contribution in [-0.4, -0.2) is 12.1 Å². The van der Waals surface area contributed by atoms with Gasteiger partial charge in [-0.1, -0.05) is 6.92 Å². The maximum absolute atomic E-state index is 11.2. The van der Waals surface area contributed by atoms with Crippen molar-refractivity contribution in [3.63, 3.8) is 0 Å². The zero-order valence-corrected chi connectivity index (χ0v) is 6.62. The highest BCUT2D eigenvalue weighted by Crippen LogP contribution is 2.56. The summed E-state index contributed by atoms with van der Waals surface area (Å²) in [5, 5.41) is 0. The molecule has 0 aromatic heterocycles. The van der Waals surface area contributed by atoms with Crippen LogP contribution >= 0.6 is 0 Å². The maximum Gasteiger partial charge on any atom is 0.309 e. The van der Waals surface area contributed by atoms with Crippen molar-refractivity contribution < 1.29 is 9.53 Å². The van der Waals surface area contributed by atoms with Crippen molar-refractivity contribution in [2.75, 3.05) is 0 Å². The zero-order chi connectivity index (χ0) is 7.59. The number of hydrogen-bond acceptors (Lipinski definition) is 2. The number of rotatable bonds is 0. The Morgan fingerprint density at radius 3 is 2.82 bits per heavy atom. The van der Waals surface area contributed by atoms with Crippen LogP contribution in [0.15, 0.2) is 0 Å². The summed E-state index contributed by atoms with van der Waals surface area (Å²) in [6.45, 7) is 2.23. The average Bonchev–Trinajstić information content (AvgIpc) is 2.47. The molecule has 4 rings (SSSR count). The molecule has 4 bridgehead atoms. The number of ether oxygens (including phenoxy) is 1. The molecule has 4 fully saturated rings. The topological polar surface area (TPSA) is 26.3 Å². The SMILES string of the molecule is CC1C2CC3CC2C(=O)OC31. The first-order chi connectivity index (χ1) is 5.27. The van der Waals surface area contributed by atoms with Gasteiger partial charge in [-0.3, -0.25) is 4.79 Å². The van der Waals surface area contributed by atoms with E-state index in [1.54, 1.807) is 0 Å². The second-order valence-electron chi connectivity index (χ2n) is 4.26. The summed E-state index contributed by atoms with van der Waals surface area (Å²) < 4.78 is 5.31. The van der Waals surface area contributed by atoms with Crippen molar-refractivity contribution in [1.29, 1.82) is 0 Å². The molecule has 60 valence electrons. The number of carbonyl (C=O) groups excluding carboxylic acids is 1. The van der Waals surface area contributed by atoms with Gasteiger partial charge in [0.15, 0.2) is 0 Å². The first kappa shape index (κ1) is 6.04. The van der Waals surface area contributed by atoms with Gasteiger partial charge < -0.3 is 4.74 Å². The Morgan fingerprint density at radius 2 is 2.27 bits per heavy atom. The van der Waals surface area contributed by atoms with E-state index in [4.69, 9.17) is 4.74 Å². The lowest BCUT2D eigenvalue weighted by Gasteiger charge is -2.38. The van der Waals surface area contributed by atoms with Crippen molar-refractivity contribution in [2.45, 2.75) is 25.9 Å². The standard InChI is InChI=1S/C9H12O2/c1-4-6-2-5-3-7(6)9(10)11-8(4)5/h4-8H,2-3H2,1H3. The lowest BCUT2D eigenvalue weighted by Crippen LogP contribution is -2.44. The van der Waals surface area contributed by atoms with Crippen molar-refractivity contribution in [1.82, 2.24) is 0 Å². The molecule has 5 unspecified atom stereocenters. The summed E-state index contributed by atoms with van der Waals surface area (Å²) in [6.07, 6.45) is 2.67. The first-order valence-corrected chi connectivity index (χ1v) is 4.48. The number of carbonyl (C=O) groups is 1. The number of hydrogen-bond donors (Lipinski definition) is 0. The lowest BCUT2D eigenvalue weighted by atomic mass is 9.77. The number of esters is 1. The van der Waals surface area contributed by atoms with Crippen LogP contribution in [-0.2, 0) is 9.53 Å². The van der Waals surface area contributed by atoms with E-state index >= 15 is 0 Å². The van der Waals surface area contributed by atoms with E-state index in [-0.39, 0.29) is 18.0 Å². The van der Waals surface area contributed by atoms with Crippen LogP contribution in [0.25, 0.3) is 0 Å². The minimum absolute atomic E-state index is 0.0897. The Morgan fingerprint density at radius 1 is 1.45 bits per heavy atom. The molecule has 2 aliphatic heterocycles. The van der Waals surface area contributed by atoms with E-state index in [9.17, 15) is 4.79 Å². The monoisotopic (exact) mass is 152 g/mol. The molecule has 0 amide bonds. The third-order valence-corrected chi connectivity index (χ3v) is 3.86. The van der Waals surface area contributed by atoms with E-state index in [0.29, 0.717) is 11.8 Å². The van der Waals surface area contributed by atoms with E-state index < -0.39 is 0 Å². The molecule has 2 heteroatoms. The molecule has 0 radical (unpaired) electrons. The molecule has 4 aliphatic rings. The minimum Gasteiger partial charge on any atom is -0.462 e. The van der Waals surface area contributed by atoms with Crippen LogP contribution in [0, 0.1) is 23.7 Å². The van der Waals surface area contributed by atoms with Crippen molar-refractivity contribution in [3.8, 4) is 0 Å². The summed E-state index contributed by atoms with van der Waals surface area (Å²) in [5.41, 5.74) is 0. The summed E-state index contributed by atoms with van der Waals surface area (Å²) in [5.74, 6) is 2.41. The van der Waals surface area contributed by atoms with E-state index in [2.05, 4.69) is 6.92 Å². The van der Waals surface area contributed by atoms with E-state index in [0.717, 1.165) is 12.3 Å². The average molecular weight is 152 g/mol. The van der Waals surface area contributed by atoms with Gasteiger partial charge in [0, 0.05) is 0 Å². The van der Waals surface area contributed by atoms with Crippen molar-refractivity contribution in [2.24, 2.45) is 23.7 Å². The Kier molecular flexibility index (Phi) is 0.890. The zero-order valence-electron chi connectivity index (χ0n) is 6.62. The third kappa shape index (κ3) is 0.534. The van der Waals surface area contributed by atoms with Gasteiger partial charge in [0.05, 0.1) is 5.92 Å². The molecule has 0 aromatic rings. The fraction of sp³-hybridized carbons (Fsp3) is 0.889. The Balaban J connectivity index is 2.04. The van der Waals surface area contributed by atoms with Crippen LogP contribution in [0.2, 0.25) is 0 Å². The molecule has 5 atom stereocenters. The largest absolute Gasteiger partial charge is 0.462 e. The van der Waals surface area contributed by atoms with Crippen LogP contribution in [0.5, 0.6) is 0 Å². The highest BCUT2D eigenvalue weighted by Gasteiger charge is 2.59. The molecule has 2 saturated heterocycles. The molecule has 2 nitrogen and oxygen atoms in total. The predicted octanol–water partition coefficient (Wildman–Crippen LogP) is 1.20. The Labute approximate surface area is 65.9 Å². The first-order valence-electron chi connectivity index (χ1n) is 4.48. The minimum atomic E-state index is 0.0897. The summed E-state index contributed by atoms with van der Waals surface area (Å²) in [4.78, 5) is 11.2. The fourth-order valence-electron chi connectivity index (χ4n) is 3.33. The van der Waals surface area contributed by atoms with Crippen molar-refractivity contribution in [3.05, 3.63) is 0 Å². The van der Waals surface area contributed by atoms with E-state index in [1.165, 1.54) is 6.42 Å². The fourth-order valence-corrected chi connectivity index (χ4v) is 3.33. The molecular formula is C9H12O2. The van der Waals surface area contributed by atoms with Gasteiger partial charge >= 0.3 is 5.97 Å². The highest BCUT2D eigenvalue weighted by atomic mass is 16.5. The van der Waals surface area contributed by atoms with Crippen LogP contribution in [0.3, 0.4) is 0 Å². The Bertz CT molecular complexity index is 220. The predicted molar refractivity (Wildman–Crippen MR) is 38.7 cm³/mol. The van der Waals surface area contributed by atoms with Crippen molar-refractivity contribution >= 4 is 5.97 Å². The molecule has 0 N–H and O–H groups in total. The highest BCUT2D eigenvalue weighted by molar-refractivity contribution is 5.75. The smallest absolute Gasteiger partial charge is 0.309 e. The molecular weight excluding hydrogens is 140 g/mol. The maximum atomic E-state index is 11.2. The summed E-state index contributed by atoms with van der Waals surface area (Å²) in [7, 11) is 0. The van der Waals surface area contributed by atoms with Gasteiger partial charge in [-0.15, -0.1) is 0 Å². The quantitative estimate of drug-likeness (QED) is 0.487. The molecule has 2 heterocycles.